The SMILES string of the molecule is O=C(O)[C@H]1CCCN(C(=O)c2n[nH]c3ccccc23)C1. The molecule has 0 unspecified atom stereocenters. The van der Waals surface area contributed by atoms with Crippen LogP contribution >= 0.6 is 0 Å². The van der Waals surface area contributed by atoms with Crippen molar-refractivity contribution in [3.63, 3.8) is 0 Å². The first-order chi connectivity index (χ1) is 9.66. The van der Waals surface area contributed by atoms with Crippen molar-refractivity contribution in [2.75, 3.05) is 13.1 Å². The number of nitrogens with zero attached hydrogens (tertiary/aromatic N) is 2. The van der Waals surface area contributed by atoms with Gasteiger partial charge in [-0.05, 0) is 18.9 Å². The number of nitrogens with one attached hydrogen (secondary N) is 1. The lowest BCUT2D eigenvalue weighted by atomic mass is 9.98. The first-order valence-electron chi connectivity index (χ1n) is 6.62. The van der Waals surface area contributed by atoms with Crippen molar-refractivity contribution in [3.8, 4) is 0 Å². The van der Waals surface area contributed by atoms with Crippen LogP contribution in [-0.4, -0.2) is 45.2 Å². The maximum absolute atomic E-state index is 12.5. The molecule has 1 saturated heterocycles. The number of carbonyl (C=O) groups excluding carboxylic acids is 1. The highest BCUT2D eigenvalue weighted by molar-refractivity contribution is 6.04. The van der Waals surface area contributed by atoms with Gasteiger partial charge in [0.2, 0.25) is 0 Å². The summed E-state index contributed by atoms with van der Waals surface area (Å²) in [4.78, 5) is 25.1. The van der Waals surface area contributed by atoms with Crippen molar-refractivity contribution < 1.29 is 14.7 Å². The van der Waals surface area contributed by atoms with Crippen LogP contribution < -0.4 is 0 Å². The molecule has 1 aromatic carbocycles. The molecule has 0 radical (unpaired) electrons. The second-order valence-corrected chi connectivity index (χ2v) is 5.05. The molecule has 2 N–H and O–H groups in total. The van der Waals surface area contributed by atoms with Crippen LogP contribution in [-0.2, 0) is 4.79 Å². The van der Waals surface area contributed by atoms with E-state index >= 15 is 0 Å². The Morgan fingerprint density at radius 3 is 2.95 bits per heavy atom. The Balaban J connectivity index is 1.87. The lowest BCUT2D eigenvalue weighted by Gasteiger charge is -2.30. The molecule has 0 bridgehead atoms. The van der Waals surface area contributed by atoms with Crippen LogP contribution in [0.25, 0.3) is 10.9 Å². The minimum atomic E-state index is -0.839. The minimum absolute atomic E-state index is 0.201. The van der Waals surface area contributed by atoms with E-state index in [4.69, 9.17) is 5.11 Å². The first-order valence-corrected chi connectivity index (χ1v) is 6.62. The Morgan fingerprint density at radius 2 is 2.15 bits per heavy atom. The number of H-pyrrole nitrogens is 1. The molecule has 1 aliphatic heterocycles. The van der Waals surface area contributed by atoms with E-state index in [2.05, 4.69) is 10.2 Å². The molecule has 104 valence electrons. The zero-order chi connectivity index (χ0) is 14.1. The standard InChI is InChI=1S/C14H15N3O3/c18-13(17-7-3-4-9(8-17)14(19)20)12-10-5-1-2-6-11(10)15-16-12/h1-2,5-6,9H,3-4,7-8H2,(H,15,16)(H,19,20)/t9-/m0/s1. The second kappa shape index (κ2) is 4.96. The summed E-state index contributed by atoms with van der Waals surface area (Å²) in [6.45, 7) is 0.846. The van der Waals surface area contributed by atoms with E-state index in [1.54, 1.807) is 4.90 Å². The van der Waals surface area contributed by atoms with Gasteiger partial charge in [-0.1, -0.05) is 18.2 Å². The molecule has 1 atom stereocenters. The predicted octanol–water partition coefficient (Wildman–Crippen LogP) is 1.50. The monoisotopic (exact) mass is 273 g/mol. The Hall–Kier alpha value is -2.37. The van der Waals surface area contributed by atoms with Crippen molar-refractivity contribution in [2.45, 2.75) is 12.8 Å². The summed E-state index contributed by atoms with van der Waals surface area (Å²) >= 11 is 0. The summed E-state index contributed by atoms with van der Waals surface area (Å²) < 4.78 is 0. The maximum Gasteiger partial charge on any atom is 0.308 e. The van der Waals surface area contributed by atoms with Crippen molar-refractivity contribution in [2.24, 2.45) is 5.92 Å². The number of aliphatic carboxylic acids is 1. The average molecular weight is 273 g/mol. The molecule has 1 fully saturated rings. The maximum atomic E-state index is 12.5. The van der Waals surface area contributed by atoms with Gasteiger partial charge < -0.3 is 10.0 Å². The van der Waals surface area contributed by atoms with E-state index in [1.165, 1.54) is 0 Å². The van der Waals surface area contributed by atoms with Crippen molar-refractivity contribution in [1.82, 2.24) is 15.1 Å². The third-order valence-electron chi connectivity index (χ3n) is 3.73. The third kappa shape index (κ3) is 2.13. The van der Waals surface area contributed by atoms with Crippen LogP contribution in [0.4, 0.5) is 0 Å². The number of fused-ring (bicyclic) bond motifs is 1. The van der Waals surface area contributed by atoms with Gasteiger partial charge in [-0.25, -0.2) is 0 Å². The molecule has 2 aromatic rings. The number of aromatic nitrogens is 2. The number of carboxylic acids is 1. The normalized spacial score (nSPS) is 19.2. The summed E-state index contributed by atoms with van der Waals surface area (Å²) in [5.74, 6) is -1.51. The quantitative estimate of drug-likeness (QED) is 0.868. The number of hydrogen-bond donors (Lipinski definition) is 2. The van der Waals surface area contributed by atoms with Gasteiger partial charge in [0.25, 0.3) is 5.91 Å². The average Bonchev–Trinajstić information content (AvgIpc) is 2.90. The lowest BCUT2D eigenvalue weighted by Crippen LogP contribution is -2.42. The number of likely N-dealkylation sites (tertiary alicyclic amines) is 1. The van der Waals surface area contributed by atoms with Gasteiger partial charge in [0, 0.05) is 18.5 Å². The zero-order valence-corrected chi connectivity index (χ0v) is 10.9. The number of para-hydroxylation sites is 1. The molecule has 1 aliphatic rings. The van der Waals surface area contributed by atoms with E-state index in [0.29, 0.717) is 25.1 Å². The van der Waals surface area contributed by atoms with E-state index in [-0.39, 0.29) is 12.5 Å². The van der Waals surface area contributed by atoms with Crippen LogP contribution in [0.5, 0.6) is 0 Å². The van der Waals surface area contributed by atoms with Crippen molar-refractivity contribution in [1.29, 1.82) is 0 Å². The van der Waals surface area contributed by atoms with Gasteiger partial charge in [-0.3, -0.25) is 14.7 Å². The molecule has 6 heteroatoms. The summed E-state index contributed by atoms with van der Waals surface area (Å²) in [5.41, 5.74) is 1.18. The van der Waals surface area contributed by atoms with Gasteiger partial charge >= 0.3 is 5.97 Å². The van der Waals surface area contributed by atoms with Gasteiger partial charge in [0.1, 0.15) is 0 Å². The second-order valence-electron chi connectivity index (χ2n) is 5.05. The topological polar surface area (TPSA) is 86.3 Å². The molecule has 0 spiro atoms. The van der Waals surface area contributed by atoms with Crippen LogP contribution in [0.15, 0.2) is 24.3 Å². The van der Waals surface area contributed by atoms with Gasteiger partial charge in [-0.15, -0.1) is 0 Å². The molecular formula is C14H15N3O3. The van der Waals surface area contributed by atoms with E-state index in [1.807, 2.05) is 24.3 Å². The van der Waals surface area contributed by atoms with Gasteiger partial charge in [0.15, 0.2) is 5.69 Å². The molecule has 0 saturated carbocycles. The lowest BCUT2D eigenvalue weighted by molar-refractivity contribution is -0.143. The molecule has 3 rings (SSSR count). The van der Waals surface area contributed by atoms with Crippen molar-refractivity contribution in [3.05, 3.63) is 30.0 Å². The fourth-order valence-electron chi connectivity index (χ4n) is 2.64. The number of carboxylic acid groups (broad SMARTS) is 1. The minimum Gasteiger partial charge on any atom is -0.481 e. The number of amides is 1. The molecular weight excluding hydrogens is 258 g/mol. The van der Waals surface area contributed by atoms with Gasteiger partial charge in [-0.2, -0.15) is 5.10 Å². The fraction of sp³-hybridized carbons (Fsp3) is 0.357. The largest absolute Gasteiger partial charge is 0.481 e. The third-order valence-corrected chi connectivity index (χ3v) is 3.73. The molecule has 1 aromatic heterocycles. The Kier molecular flexibility index (Phi) is 3.14. The van der Waals surface area contributed by atoms with Crippen LogP contribution in [0, 0.1) is 5.92 Å². The first kappa shape index (κ1) is 12.7. The zero-order valence-electron chi connectivity index (χ0n) is 10.9. The molecule has 0 aliphatic carbocycles. The number of aromatic amines is 1. The van der Waals surface area contributed by atoms with Crippen molar-refractivity contribution >= 4 is 22.8 Å². The number of hydrogen-bond acceptors (Lipinski definition) is 3. The highest BCUT2D eigenvalue weighted by atomic mass is 16.4. The van der Waals surface area contributed by atoms with Crippen LogP contribution in [0.1, 0.15) is 23.3 Å². The number of piperidine rings is 1. The molecule has 2 heterocycles. The fourth-order valence-corrected chi connectivity index (χ4v) is 2.64. The molecule has 6 nitrogen and oxygen atoms in total. The summed E-state index contributed by atoms with van der Waals surface area (Å²) in [6.07, 6.45) is 1.34. The Labute approximate surface area is 115 Å². The Morgan fingerprint density at radius 1 is 1.35 bits per heavy atom. The number of rotatable bonds is 2. The smallest absolute Gasteiger partial charge is 0.308 e. The molecule has 1 amide bonds. The number of carbonyl (C=O) groups is 2. The van der Waals surface area contributed by atoms with Crippen LogP contribution in [0.2, 0.25) is 0 Å². The van der Waals surface area contributed by atoms with E-state index in [9.17, 15) is 9.59 Å². The summed E-state index contributed by atoms with van der Waals surface area (Å²) in [6, 6.07) is 7.42. The summed E-state index contributed by atoms with van der Waals surface area (Å²) in [5, 5.41) is 16.8. The van der Waals surface area contributed by atoms with Gasteiger partial charge in [0.05, 0.1) is 11.4 Å². The Bertz CT molecular complexity index is 664. The summed E-state index contributed by atoms with van der Waals surface area (Å²) in [7, 11) is 0. The highest BCUT2D eigenvalue weighted by Gasteiger charge is 2.30. The predicted molar refractivity (Wildman–Crippen MR) is 72.4 cm³/mol. The number of benzene rings is 1. The highest BCUT2D eigenvalue weighted by Crippen LogP contribution is 2.21. The van der Waals surface area contributed by atoms with Crippen LogP contribution in [0.3, 0.4) is 0 Å². The van der Waals surface area contributed by atoms with E-state index in [0.717, 1.165) is 10.9 Å². The van der Waals surface area contributed by atoms with E-state index < -0.39 is 11.9 Å². The molecule has 20 heavy (non-hydrogen) atoms.